The zero-order chi connectivity index (χ0) is 32.1. The van der Waals surface area contributed by atoms with Crippen molar-refractivity contribution in [2.45, 2.75) is 0 Å². The molecule has 0 atom stereocenters. The summed E-state index contributed by atoms with van der Waals surface area (Å²) in [6.45, 7) is 0. The SMILES string of the molecule is c1ccc2c(c1)cc(-c1c3ccccc3c(-c3ccc4c(c3)sc3c5ccccc5c5ccccc5c43)c3ccccc13)c1ccccc12. The summed E-state index contributed by atoms with van der Waals surface area (Å²) >= 11 is 1.93. The van der Waals surface area contributed by atoms with Crippen molar-refractivity contribution < 1.29 is 0 Å². The van der Waals surface area contributed by atoms with Crippen LogP contribution in [0.1, 0.15) is 0 Å². The van der Waals surface area contributed by atoms with Crippen LogP contribution in [0.15, 0.2) is 170 Å². The minimum Gasteiger partial charge on any atom is -0.134 e. The normalized spacial score (nSPS) is 12.1. The van der Waals surface area contributed by atoms with Gasteiger partial charge in [-0.15, -0.1) is 11.3 Å². The molecule has 0 aliphatic heterocycles. The van der Waals surface area contributed by atoms with Crippen molar-refractivity contribution in [3.8, 4) is 22.3 Å². The predicted molar refractivity (Wildman–Crippen MR) is 215 cm³/mol. The van der Waals surface area contributed by atoms with Gasteiger partial charge in [0.25, 0.3) is 0 Å². The van der Waals surface area contributed by atoms with E-state index in [1.165, 1.54) is 107 Å². The summed E-state index contributed by atoms with van der Waals surface area (Å²) < 4.78 is 2.70. The Balaban J connectivity index is 1.24. The van der Waals surface area contributed by atoms with E-state index in [0.717, 1.165) is 0 Å². The second-order valence-corrected chi connectivity index (χ2v) is 14.2. The van der Waals surface area contributed by atoms with Crippen LogP contribution in [0.3, 0.4) is 0 Å². The lowest BCUT2D eigenvalue weighted by Gasteiger charge is -2.19. The molecule has 0 nitrogen and oxygen atoms in total. The number of thiophene rings is 1. The molecule has 0 spiro atoms. The van der Waals surface area contributed by atoms with Gasteiger partial charge < -0.3 is 0 Å². The van der Waals surface area contributed by atoms with Gasteiger partial charge in [-0.3, -0.25) is 0 Å². The van der Waals surface area contributed by atoms with E-state index in [9.17, 15) is 0 Å². The van der Waals surface area contributed by atoms with Crippen LogP contribution in [-0.2, 0) is 0 Å². The summed E-state index contributed by atoms with van der Waals surface area (Å²) in [5.41, 5.74) is 5.15. The van der Waals surface area contributed by atoms with Crippen molar-refractivity contribution in [1.29, 1.82) is 0 Å². The van der Waals surface area contributed by atoms with Crippen LogP contribution in [0, 0.1) is 0 Å². The summed E-state index contributed by atoms with van der Waals surface area (Å²) in [7, 11) is 0. The fraction of sp³-hybridized carbons (Fsp3) is 0. The van der Waals surface area contributed by atoms with Crippen LogP contribution >= 0.6 is 11.3 Å². The number of fused-ring (bicyclic) bond motifs is 13. The van der Waals surface area contributed by atoms with E-state index in [1.54, 1.807) is 0 Å². The molecule has 1 heterocycles. The first kappa shape index (κ1) is 27.0. The minimum absolute atomic E-state index is 1.26. The van der Waals surface area contributed by atoms with Gasteiger partial charge in [0.1, 0.15) is 0 Å². The zero-order valence-electron chi connectivity index (χ0n) is 26.6. The second kappa shape index (κ2) is 10.2. The molecular weight excluding hydrogens is 609 g/mol. The monoisotopic (exact) mass is 636 g/mol. The first-order chi connectivity index (χ1) is 24.3. The molecule has 10 aromatic carbocycles. The summed E-state index contributed by atoms with van der Waals surface area (Å²) in [5, 5.41) is 18.3. The van der Waals surface area contributed by atoms with E-state index in [4.69, 9.17) is 0 Å². The molecule has 226 valence electrons. The highest BCUT2D eigenvalue weighted by molar-refractivity contribution is 7.27. The van der Waals surface area contributed by atoms with Gasteiger partial charge in [-0.1, -0.05) is 158 Å². The van der Waals surface area contributed by atoms with Crippen molar-refractivity contribution in [2.24, 2.45) is 0 Å². The van der Waals surface area contributed by atoms with Gasteiger partial charge in [0, 0.05) is 25.6 Å². The van der Waals surface area contributed by atoms with Crippen molar-refractivity contribution in [3.05, 3.63) is 170 Å². The lowest BCUT2D eigenvalue weighted by Crippen LogP contribution is -1.92. The van der Waals surface area contributed by atoms with Crippen molar-refractivity contribution in [2.75, 3.05) is 0 Å². The zero-order valence-corrected chi connectivity index (χ0v) is 27.4. The molecule has 0 amide bonds. The van der Waals surface area contributed by atoms with Crippen LogP contribution in [0.2, 0.25) is 0 Å². The summed E-state index contributed by atoms with van der Waals surface area (Å²) in [6, 6.07) is 63.1. The molecule has 0 N–H and O–H groups in total. The van der Waals surface area contributed by atoms with Crippen molar-refractivity contribution in [1.82, 2.24) is 0 Å². The van der Waals surface area contributed by atoms with E-state index < -0.39 is 0 Å². The van der Waals surface area contributed by atoms with Gasteiger partial charge in [0.05, 0.1) is 0 Å². The average molecular weight is 637 g/mol. The van der Waals surface area contributed by atoms with Crippen LogP contribution in [0.25, 0.3) is 107 Å². The molecule has 0 radical (unpaired) electrons. The topological polar surface area (TPSA) is 0 Å². The molecule has 0 bridgehead atoms. The highest BCUT2D eigenvalue weighted by Gasteiger charge is 2.20. The maximum absolute atomic E-state index is 2.45. The standard InChI is InChI=1S/C48H28S/c1-2-14-31-29(13-1)27-43(35-18-4-3-15-32(31)35)46-39-22-10-8-20-37(39)45(38-21-9-11-23-40(38)46)30-25-26-42-44(28-30)49-48-41-24-12-6-17-34(41)33-16-5-7-19-36(33)47(42)48/h1-28H. The molecule has 49 heavy (non-hydrogen) atoms. The molecule has 11 rings (SSSR count). The first-order valence-electron chi connectivity index (χ1n) is 16.9. The summed E-state index contributed by atoms with van der Waals surface area (Å²) in [5.74, 6) is 0. The minimum atomic E-state index is 1.26. The molecule has 0 aliphatic rings. The Labute approximate surface area is 287 Å². The lowest BCUT2D eigenvalue weighted by molar-refractivity contribution is 1.70. The van der Waals surface area contributed by atoms with Gasteiger partial charge >= 0.3 is 0 Å². The van der Waals surface area contributed by atoms with Crippen molar-refractivity contribution in [3.63, 3.8) is 0 Å². The van der Waals surface area contributed by atoms with Crippen molar-refractivity contribution >= 4 is 96.1 Å². The van der Waals surface area contributed by atoms with Crippen LogP contribution < -0.4 is 0 Å². The number of benzene rings is 10. The summed E-state index contributed by atoms with van der Waals surface area (Å²) in [6.07, 6.45) is 0. The molecular formula is C48H28S. The lowest BCUT2D eigenvalue weighted by atomic mass is 9.84. The second-order valence-electron chi connectivity index (χ2n) is 13.1. The van der Waals surface area contributed by atoms with E-state index in [-0.39, 0.29) is 0 Å². The quantitative estimate of drug-likeness (QED) is 0.131. The average Bonchev–Trinajstić information content (AvgIpc) is 3.56. The highest BCUT2D eigenvalue weighted by atomic mass is 32.1. The van der Waals surface area contributed by atoms with E-state index in [1.807, 2.05) is 11.3 Å². The van der Waals surface area contributed by atoms with Crippen LogP contribution in [0.4, 0.5) is 0 Å². The third-order valence-corrected chi connectivity index (χ3v) is 11.8. The Hall–Kier alpha value is -6.02. The van der Waals surface area contributed by atoms with Crippen LogP contribution in [0.5, 0.6) is 0 Å². The molecule has 0 fully saturated rings. The number of rotatable bonds is 2. The van der Waals surface area contributed by atoms with Gasteiger partial charge in [0.2, 0.25) is 0 Å². The molecule has 0 saturated heterocycles. The Kier molecular flexibility index (Phi) is 5.64. The first-order valence-corrected chi connectivity index (χ1v) is 17.8. The molecule has 1 heteroatoms. The molecule has 1 aromatic heterocycles. The Morgan fingerprint density at radius 1 is 0.306 bits per heavy atom. The van der Waals surface area contributed by atoms with Crippen LogP contribution in [-0.4, -0.2) is 0 Å². The molecule has 0 unspecified atom stereocenters. The molecule has 0 saturated carbocycles. The fourth-order valence-corrected chi connectivity index (χ4v) is 9.85. The van der Waals surface area contributed by atoms with E-state index in [2.05, 4.69) is 170 Å². The van der Waals surface area contributed by atoms with Gasteiger partial charge in [-0.2, -0.15) is 0 Å². The van der Waals surface area contributed by atoms with Gasteiger partial charge in [0.15, 0.2) is 0 Å². The third kappa shape index (κ3) is 3.79. The maximum Gasteiger partial charge on any atom is 0.0440 e. The Morgan fingerprint density at radius 2 is 0.776 bits per heavy atom. The van der Waals surface area contributed by atoms with E-state index >= 15 is 0 Å². The number of hydrogen-bond donors (Lipinski definition) is 0. The Morgan fingerprint density at radius 3 is 1.43 bits per heavy atom. The third-order valence-electron chi connectivity index (χ3n) is 10.6. The van der Waals surface area contributed by atoms with Gasteiger partial charge in [-0.05, 0) is 93.6 Å². The number of hydrogen-bond acceptors (Lipinski definition) is 1. The fourth-order valence-electron chi connectivity index (χ4n) is 8.55. The Bertz CT molecular complexity index is 3100. The molecule has 0 aliphatic carbocycles. The predicted octanol–water partition coefficient (Wildman–Crippen LogP) is 14.3. The largest absolute Gasteiger partial charge is 0.134 e. The highest BCUT2D eigenvalue weighted by Crippen LogP contribution is 2.49. The smallest absolute Gasteiger partial charge is 0.0440 e. The van der Waals surface area contributed by atoms with Gasteiger partial charge in [-0.25, -0.2) is 0 Å². The maximum atomic E-state index is 2.45. The van der Waals surface area contributed by atoms with E-state index in [0.29, 0.717) is 0 Å². The molecule has 11 aromatic rings. The summed E-state index contributed by atoms with van der Waals surface area (Å²) in [4.78, 5) is 0.